The number of aromatic nitrogens is 1. The molecule has 28 heavy (non-hydrogen) atoms. The van der Waals surface area contributed by atoms with Crippen molar-refractivity contribution in [1.29, 1.82) is 0 Å². The van der Waals surface area contributed by atoms with Crippen LogP contribution in [0.5, 0.6) is 0 Å². The zero-order chi connectivity index (χ0) is 20.3. The number of anilines is 1. The number of aryl methyl sites for hydroxylation is 2. The Labute approximate surface area is 161 Å². The Hall–Kier alpha value is -3.42. The van der Waals surface area contributed by atoms with Gasteiger partial charge in [-0.1, -0.05) is 18.2 Å². The van der Waals surface area contributed by atoms with Crippen molar-refractivity contribution in [2.75, 3.05) is 11.4 Å². The molecular weight excluding hydrogens is 362 g/mol. The minimum Gasteiger partial charge on any atom is -0.407 e. The predicted molar refractivity (Wildman–Crippen MR) is 106 cm³/mol. The maximum atomic E-state index is 12.7. The molecule has 0 N–H and O–H groups in total. The zero-order valence-electron chi connectivity index (χ0n) is 15.8. The van der Waals surface area contributed by atoms with Crippen LogP contribution in [0.3, 0.4) is 0 Å². The van der Waals surface area contributed by atoms with Crippen molar-refractivity contribution in [3.8, 4) is 0 Å². The lowest BCUT2D eigenvalue weighted by atomic mass is 10.1. The molecule has 0 fully saturated rings. The van der Waals surface area contributed by atoms with Gasteiger partial charge in [0, 0.05) is 31.3 Å². The quantitative estimate of drug-likeness (QED) is 0.458. The summed E-state index contributed by atoms with van der Waals surface area (Å²) in [5.41, 5.74) is 2.42. The third-order valence-corrected chi connectivity index (χ3v) is 4.66. The first kappa shape index (κ1) is 19.3. The van der Waals surface area contributed by atoms with Crippen LogP contribution in [0.15, 0.2) is 51.7 Å². The summed E-state index contributed by atoms with van der Waals surface area (Å²) in [4.78, 5) is 36.8. The molecule has 0 aliphatic carbocycles. The number of para-hydroxylation sites is 1. The molecule has 3 aromatic rings. The first-order valence-electron chi connectivity index (χ1n) is 9.06. The summed E-state index contributed by atoms with van der Waals surface area (Å²) in [5, 5.41) is 10.9. The number of non-ortho nitro benzene ring substituents is 1. The van der Waals surface area contributed by atoms with Crippen molar-refractivity contribution in [2.45, 2.75) is 33.2 Å². The molecule has 1 aromatic heterocycles. The Kier molecular flexibility index (Phi) is 5.58. The van der Waals surface area contributed by atoms with Gasteiger partial charge in [0.1, 0.15) is 0 Å². The van der Waals surface area contributed by atoms with Gasteiger partial charge in [0.15, 0.2) is 5.58 Å². The number of carbonyl (C=O) groups is 1. The number of rotatable bonds is 7. The molecule has 3 rings (SSSR count). The molecule has 0 saturated carbocycles. The highest BCUT2D eigenvalue weighted by atomic mass is 16.6. The molecule has 0 aliphatic heterocycles. The fourth-order valence-electron chi connectivity index (χ4n) is 3.25. The zero-order valence-corrected chi connectivity index (χ0v) is 15.8. The summed E-state index contributed by atoms with van der Waals surface area (Å²) in [5.74, 6) is -0.609. The van der Waals surface area contributed by atoms with Crippen LogP contribution in [0.1, 0.15) is 25.3 Å². The molecule has 2 aromatic carbocycles. The van der Waals surface area contributed by atoms with Gasteiger partial charge in [-0.3, -0.25) is 19.5 Å². The van der Waals surface area contributed by atoms with E-state index in [0.717, 1.165) is 11.3 Å². The first-order chi connectivity index (χ1) is 13.4. The number of hydrogen-bond donors (Lipinski definition) is 0. The van der Waals surface area contributed by atoms with Crippen LogP contribution < -0.4 is 10.7 Å². The van der Waals surface area contributed by atoms with E-state index in [1.807, 2.05) is 38.1 Å². The second-order valence-corrected chi connectivity index (χ2v) is 6.46. The second-order valence-electron chi connectivity index (χ2n) is 6.46. The van der Waals surface area contributed by atoms with Crippen molar-refractivity contribution in [1.82, 2.24) is 4.57 Å². The van der Waals surface area contributed by atoms with E-state index in [0.29, 0.717) is 25.0 Å². The topological polar surface area (TPSA) is 98.6 Å². The minimum absolute atomic E-state index is 0.0201. The fraction of sp³-hybridized carbons (Fsp3) is 0.300. The molecule has 0 spiro atoms. The average molecular weight is 383 g/mol. The highest BCUT2D eigenvalue weighted by Gasteiger charge is 2.17. The smallest absolute Gasteiger partial charge is 0.407 e. The van der Waals surface area contributed by atoms with Crippen molar-refractivity contribution in [3.05, 3.63) is 68.7 Å². The van der Waals surface area contributed by atoms with Crippen LogP contribution in [0, 0.1) is 17.0 Å². The van der Waals surface area contributed by atoms with E-state index in [-0.39, 0.29) is 23.6 Å². The number of oxazole rings is 1. The van der Waals surface area contributed by atoms with Crippen molar-refractivity contribution >= 4 is 28.4 Å². The Morgan fingerprint density at radius 2 is 2.00 bits per heavy atom. The number of carbonyl (C=O) groups excluding carboxylic acids is 1. The molecule has 1 amide bonds. The molecule has 0 unspecified atom stereocenters. The van der Waals surface area contributed by atoms with Gasteiger partial charge in [-0.2, -0.15) is 0 Å². The van der Waals surface area contributed by atoms with Crippen LogP contribution in [-0.2, 0) is 11.3 Å². The molecule has 146 valence electrons. The molecule has 8 nitrogen and oxygen atoms in total. The van der Waals surface area contributed by atoms with Gasteiger partial charge < -0.3 is 9.32 Å². The summed E-state index contributed by atoms with van der Waals surface area (Å²) in [6, 6.07) is 11.8. The summed E-state index contributed by atoms with van der Waals surface area (Å²) in [6.07, 6.45) is 0.723. The van der Waals surface area contributed by atoms with E-state index >= 15 is 0 Å². The van der Waals surface area contributed by atoms with Crippen LogP contribution in [0.25, 0.3) is 11.1 Å². The largest absolute Gasteiger partial charge is 0.419 e. The molecule has 0 radical (unpaired) electrons. The minimum atomic E-state index is -0.589. The normalized spacial score (nSPS) is 10.9. The molecular formula is C20H21N3O5. The van der Waals surface area contributed by atoms with E-state index < -0.39 is 10.7 Å². The molecule has 8 heteroatoms. The lowest BCUT2D eigenvalue weighted by Crippen LogP contribution is -2.31. The Bertz CT molecular complexity index is 1080. The third kappa shape index (κ3) is 3.80. The highest BCUT2D eigenvalue weighted by Crippen LogP contribution is 2.22. The Balaban J connectivity index is 1.71. The predicted octanol–water partition coefficient (Wildman–Crippen LogP) is 3.64. The van der Waals surface area contributed by atoms with Crippen LogP contribution in [-0.4, -0.2) is 21.9 Å². The Morgan fingerprint density at radius 1 is 1.25 bits per heavy atom. The summed E-state index contributed by atoms with van der Waals surface area (Å²) < 4.78 is 6.51. The molecule has 1 heterocycles. The van der Waals surface area contributed by atoms with Gasteiger partial charge in [0.05, 0.1) is 16.5 Å². The van der Waals surface area contributed by atoms with Gasteiger partial charge >= 0.3 is 5.76 Å². The summed E-state index contributed by atoms with van der Waals surface area (Å²) >= 11 is 0. The maximum Gasteiger partial charge on any atom is 0.419 e. The molecule has 0 atom stereocenters. The third-order valence-electron chi connectivity index (χ3n) is 4.66. The van der Waals surface area contributed by atoms with E-state index in [1.165, 1.54) is 22.8 Å². The number of nitro benzene ring substituents is 1. The van der Waals surface area contributed by atoms with Gasteiger partial charge in [-0.15, -0.1) is 0 Å². The lowest BCUT2D eigenvalue weighted by molar-refractivity contribution is -0.384. The van der Waals surface area contributed by atoms with Crippen LogP contribution in [0.4, 0.5) is 11.4 Å². The number of nitro groups is 1. The average Bonchev–Trinajstić information content (AvgIpc) is 2.98. The number of fused-ring (bicyclic) bond motifs is 1. The lowest BCUT2D eigenvalue weighted by Gasteiger charge is -2.23. The summed E-state index contributed by atoms with van der Waals surface area (Å²) in [6.45, 7) is 4.73. The van der Waals surface area contributed by atoms with Gasteiger partial charge in [-0.05, 0) is 38.0 Å². The molecule has 0 saturated heterocycles. The van der Waals surface area contributed by atoms with Gasteiger partial charge in [-0.25, -0.2) is 4.79 Å². The van der Waals surface area contributed by atoms with Crippen LogP contribution in [0.2, 0.25) is 0 Å². The maximum absolute atomic E-state index is 12.7. The van der Waals surface area contributed by atoms with E-state index in [4.69, 9.17) is 4.42 Å². The van der Waals surface area contributed by atoms with Crippen molar-refractivity contribution in [3.63, 3.8) is 0 Å². The number of nitrogens with zero attached hydrogens (tertiary/aromatic N) is 3. The summed E-state index contributed by atoms with van der Waals surface area (Å²) in [7, 11) is 0. The number of amides is 1. The SMILES string of the molecule is CCN(C(=O)CCCn1c(=O)oc2cc([N+](=O)[O-])ccc21)c1ccccc1C. The first-order valence-corrected chi connectivity index (χ1v) is 9.06. The Morgan fingerprint density at radius 3 is 2.68 bits per heavy atom. The standard InChI is InChI=1S/C20H21N3O5/c1-3-21(16-8-5-4-7-14(16)2)19(24)9-6-12-22-17-11-10-15(23(26)27)13-18(17)28-20(22)25/h4-5,7-8,10-11,13H,3,6,9,12H2,1-2H3. The number of hydrogen-bond acceptors (Lipinski definition) is 5. The van der Waals surface area contributed by atoms with Gasteiger partial charge in [0.25, 0.3) is 5.69 Å². The second kappa shape index (κ2) is 8.08. The van der Waals surface area contributed by atoms with E-state index in [9.17, 15) is 19.7 Å². The van der Waals surface area contributed by atoms with E-state index in [1.54, 1.807) is 4.90 Å². The highest BCUT2D eigenvalue weighted by molar-refractivity contribution is 5.94. The molecule has 0 aliphatic rings. The number of benzene rings is 2. The monoisotopic (exact) mass is 383 g/mol. The van der Waals surface area contributed by atoms with Crippen molar-refractivity contribution < 1.29 is 14.1 Å². The van der Waals surface area contributed by atoms with Gasteiger partial charge in [0.2, 0.25) is 5.91 Å². The fourth-order valence-corrected chi connectivity index (χ4v) is 3.25. The van der Waals surface area contributed by atoms with E-state index in [2.05, 4.69) is 0 Å². The molecule has 0 bridgehead atoms. The van der Waals surface area contributed by atoms with Crippen LogP contribution >= 0.6 is 0 Å². The van der Waals surface area contributed by atoms with Crippen molar-refractivity contribution in [2.24, 2.45) is 0 Å².